The molecule has 4 aliphatic rings. The normalized spacial score (nSPS) is 17.4. The third kappa shape index (κ3) is 10.8. The Balaban J connectivity index is 0.000000174. The summed E-state index contributed by atoms with van der Waals surface area (Å²) in [5.41, 5.74) is 1.04. The molecule has 2 amide bonds. The minimum atomic E-state index is -4.00. The molecule has 0 saturated carbocycles. The largest absolute Gasteiger partial charge is 0.486 e. The summed E-state index contributed by atoms with van der Waals surface area (Å²) < 4.78 is 93.3. The Labute approximate surface area is 408 Å². The molecular weight excluding hydrogens is 963 g/mol. The van der Waals surface area contributed by atoms with Crippen LogP contribution in [0, 0.1) is 0 Å². The summed E-state index contributed by atoms with van der Waals surface area (Å²) >= 11 is 11.9. The number of nitrogens with zero attached hydrogens (tertiary/aromatic N) is 2. The summed E-state index contributed by atoms with van der Waals surface area (Å²) in [5, 5.41) is 17.2. The van der Waals surface area contributed by atoms with Gasteiger partial charge in [0.05, 0.1) is 6.04 Å². The summed E-state index contributed by atoms with van der Waals surface area (Å²) in [6.45, 7) is 4.84. The Hall–Kier alpha value is -6.05. The first-order valence-corrected chi connectivity index (χ1v) is 23.6. The maximum atomic E-state index is 15.2. The average molecular weight is 1010 g/mol. The van der Waals surface area contributed by atoms with Gasteiger partial charge in [-0.25, -0.2) is 0 Å². The fourth-order valence-corrected chi connectivity index (χ4v) is 9.19. The fraction of sp³-hybridized carbons (Fsp3) is 0.380. The molecule has 3 N–H and O–H groups in total. The second-order valence-corrected chi connectivity index (χ2v) is 18.3. The molecule has 4 aliphatic heterocycles. The van der Waals surface area contributed by atoms with E-state index in [1.807, 2.05) is 9.80 Å². The highest BCUT2D eigenvalue weighted by Crippen LogP contribution is 2.38. The highest BCUT2D eigenvalue weighted by atomic mass is 35.5. The SMILES string of the molecule is O=C(N[C@H](CN1CCCC1)[C@@H](O)c1ccc2c(c1)OCCO2)C(F)(F)c1cc2cc(Cl)ccc2o1.O=C(c1ccc2c(c1)OCCO2)[C@@H](CN1CCCC1)NC(=O)C(F)(F)c1cc2cc(Cl)ccc2o1. The molecule has 2 fully saturated rings. The number of rotatable bonds is 14. The molecule has 2 saturated heterocycles. The number of amides is 2. The van der Waals surface area contributed by atoms with Crippen LogP contribution < -0.4 is 29.6 Å². The molecule has 0 aliphatic carbocycles. The number of furan rings is 2. The summed E-state index contributed by atoms with van der Waals surface area (Å²) in [4.78, 5) is 43.0. The number of alkyl halides is 4. The Morgan fingerprint density at radius 3 is 1.60 bits per heavy atom. The van der Waals surface area contributed by atoms with Crippen molar-refractivity contribution in [2.75, 3.05) is 65.7 Å². The van der Waals surface area contributed by atoms with Crippen LogP contribution in [0.3, 0.4) is 0 Å². The van der Waals surface area contributed by atoms with Gasteiger partial charge in [0.2, 0.25) is 0 Å². The average Bonchev–Trinajstić information content (AvgIpc) is 4.22. The second kappa shape index (κ2) is 20.7. The van der Waals surface area contributed by atoms with Gasteiger partial charge in [0, 0.05) is 39.5 Å². The van der Waals surface area contributed by atoms with Crippen LogP contribution in [0.4, 0.5) is 17.6 Å². The summed E-state index contributed by atoms with van der Waals surface area (Å²) in [6, 6.07) is 18.5. The lowest BCUT2D eigenvalue weighted by Gasteiger charge is -2.30. The zero-order valence-electron chi connectivity index (χ0n) is 37.5. The zero-order chi connectivity index (χ0) is 49.2. The van der Waals surface area contributed by atoms with Crippen LogP contribution in [0.1, 0.15) is 59.2 Å². The molecule has 20 heteroatoms. The number of hydrogen-bond donors (Lipinski definition) is 3. The number of likely N-dealkylation sites (tertiary alicyclic amines) is 2. The van der Waals surface area contributed by atoms with Gasteiger partial charge < -0.3 is 53.3 Å². The number of nitrogens with one attached hydrogen (secondary N) is 2. The summed E-state index contributed by atoms with van der Waals surface area (Å²) in [5.74, 6) is -11.3. The second-order valence-electron chi connectivity index (χ2n) is 17.4. The molecular formula is C50H48Cl2F4N4O10. The van der Waals surface area contributed by atoms with Crippen LogP contribution in [-0.2, 0) is 21.4 Å². The third-order valence-electron chi connectivity index (χ3n) is 12.5. The zero-order valence-corrected chi connectivity index (χ0v) is 39.0. The molecule has 6 aromatic rings. The third-order valence-corrected chi connectivity index (χ3v) is 13.0. The number of benzene rings is 4. The van der Waals surface area contributed by atoms with Gasteiger partial charge in [0.25, 0.3) is 11.8 Å². The first-order valence-electron chi connectivity index (χ1n) is 22.9. The van der Waals surface area contributed by atoms with E-state index in [1.54, 1.807) is 30.3 Å². The maximum Gasteiger partial charge on any atom is 0.380 e. The first-order chi connectivity index (χ1) is 33.6. The number of carbonyl (C=O) groups excluding carboxylic acids is 3. The molecule has 0 bridgehead atoms. The van der Waals surface area contributed by atoms with Crippen molar-refractivity contribution in [3.8, 4) is 23.0 Å². The fourth-order valence-electron chi connectivity index (χ4n) is 8.83. The molecule has 0 unspecified atom stereocenters. The topological polar surface area (TPSA) is 165 Å². The van der Waals surface area contributed by atoms with Crippen molar-refractivity contribution < 1.29 is 64.8 Å². The van der Waals surface area contributed by atoms with E-state index in [9.17, 15) is 19.5 Å². The lowest BCUT2D eigenvalue weighted by Crippen LogP contribution is -2.51. The molecule has 10 rings (SSSR count). The number of aliphatic hydroxyl groups excluding tert-OH is 1. The number of hydrogen-bond acceptors (Lipinski definition) is 12. The van der Waals surface area contributed by atoms with Crippen LogP contribution >= 0.6 is 23.2 Å². The molecule has 370 valence electrons. The van der Waals surface area contributed by atoms with E-state index in [2.05, 4.69) is 10.6 Å². The molecule has 0 radical (unpaired) electrons. The Morgan fingerprint density at radius 1 is 0.586 bits per heavy atom. The number of halogens is 6. The highest BCUT2D eigenvalue weighted by Gasteiger charge is 2.47. The predicted molar refractivity (Wildman–Crippen MR) is 250 cm³/mol. The van der Waals surface area contributed by atoms with Crippen molar-refractivity contribution >= 4 is 62.7 Å². The van der Waals surface area contributed by atoms with Gasteiger partial charge in [-0.2, -0.15) is 17.6 Å². The van der Waals surface area contributed by atoms with E-state index in [1.165, 1.54) is 42.5 Å². The molecule has 70 heavy (non-hydrogen) atoms. The Kier molecular flexibility index (Phi) is 14.5. The van der Waals surface area contributed by atoms with Crippen molar-refractivity contribution in [2.45, 2.75) is 55.7 Å². The quantitative estimate of drug-likeness (QED) is 0.0704. The van der Waals surface area contributed by atoms with Gasteiger partial charge in [0.15, 0.2) is 40.3 Å². The minimum Gasteiger partial charge on any atom is -0.486 e. The van der Waals surface area contributed by atoms with Gasteiger partial charge >= 0.3 is 11.8 Å². The maximum absolute atomic E-state index is 15.2. The van der Waals surface area contributed by atoms with Crippen LogP contribution in [0.5, 0.6) is 23.0 Å². The van der Waals surface area contributed by atoms with E-state index < -0.39 is 59.2 Å². The number of ether oxygens (including phenoxy) is 4. The van der Waals surface area contributed by atoms with Crippen molar-refractivity contribution in [1.29, 1.82) is 0 Å². The van der Waals surface area contributed by atoms with E-state index in [0.717, 1.165) is 64.0 Å². The number of fused-ring (bicyclic) bond motifs is 4. The van der Waals surface area contributed by atoms with E-state index >= 15 is 17.6 Å². The lowest BCUT2D eigenvalue weighted by molar-refractivity contribution is -0.151. The molecule has 3 atom stereocenters. The minimum absolute atomic E-state index is 0.116. The van der Waals surface area contributed by atoms with Crippen molar-refractivity contribution in [3.63, 3.8) is 0 Å². The molecule has 0 spiro atoms. The first kappa shape index (κ1) is 49.0. The smallest absolute Gasteiger partial charge is 0.380 e. The molecule has 6 heterocycles. The van der Waals surface area contributed by atoms with Crippen LogP contribution in [0.2, 0.25) is 10.0 Å². The van der Waals surface area contributed by atoms with E-state index in [0.29, 0.717) is 75.8 Å². The number of Topliss-reactive ketones (excluding diaryl/α,β-unsaturated/α-hetero) is 1. The van der Waals surface area contributed by atoms with Gasteiger partial charge in [0.1, 0.15) is 49.7 Å². The van der Waals surface area contributed by atoms with Gasteiger partial charge in [-0.15, -0.1) is 0 Å². The van der Waals surface area contributed by atoms with Gasteiger partial charge in [-0.3, -0.25) is 14.4 Å². The van der Waals surface area contributed by atoms with Gasteiger partial charge in [-0.1, -0.05) is 29.3 Å². The molecule has 2 aromatic heterocycles. The number of carbonyl (C=O) groups is 3. The molecule has 14 nitrogen and oxygen atoms in total. The molecule has 4 aromatic carbocycles. The van der Waals surface area contributed by atoms with Crippen molar-refractivity contribution in [1.82, 2.24) is 20.4 Å². The lowest BCUT2D eigenvalue weighted by atomic mass is 10.0. The van der Waals surface area contributed by atoms with E-state index in [4.69, 9.17) is 51.0 Å². The predicted octanol–water partition coefficient (Wildman–Crippen LogP) is 8.68. The van der Waals surface area contributed by atoms with Crippen LogP contribution in [0.15, 0.2) is 93.8 Å². The standard InChI is InChI=1S/C25H25ClF2N2O5.C25H23ClF2N2O5/c2*26-17-4-6-19-16(11-17)13-22(35-19)25(27,28)24(32)29-18(14-30-7-1-2-8-30)23(31)15-3-5-20-21(12-15)34-10-9-33-20/h3-6,11-13,18,23,31H,1-2,7-10,14H2,(H,29,32);3-6,11-13,18H,1-2,7-10,14H2,(H,29,32)/t18-,23+;18-/m11/s1. The van der Waals surface area contributed by atoms with Crippen LogP contribution in [0.25, 0.3) is 21.9 Å². The van der Waals surface area contributed by atoms with Crippen molar-refractivity contribution in [3.05, 3.63) is 118 Å². The number of ketones is 1. The monoisotopic (exact) mass is 1010 g/mol. The summed E-state index contributed by atoms with van der Waals surface area (Å²) in [7, 11) is 0. The Morgan fingerprint density at radius 2 is 1.06 bits per heavy atom. The van der Waals surface area contributed by atoms with E-state index in [-0.39, 0.29) is 29.8 Å². The van der Waals surface area contributed by atoms with Gasteiger partial charge in [-0.05, 0) is 136 Å². The van der Waals surface area contributed by atoms with Crippen molar-refractivity contribution in [2.24, 2.45) is 0 Å². The highest BCUT2D eigenvalue weighted by molar-refractivity contribution is 6.31. The van der Waals surface area contributed by atoms with Crippen LogP contribution in [-0.4, -0.2) is 110 Å². The number of aliphatic hydroxyl groups is 1. The summed E-state index contributed by atoms with van der Waals surface area (Å²) in [6.07, 6.45) is 2.57. The Bertz CT molecular complexity index is 2880.